The summed E-state index contributed by atoms with van der Waals surface area (Å²) in [5.41, 5.74) is -1.53. The van der Waals surface area contributed by atoms with E-state index in [1.54, 1.807) is 0 Å². The number of rotatable bonds is 7. The van der Waals surface area contributed by atoms with Gasteiger partial charge in [-0.2, -0.15) is 13.2 Å². The molecule has 1 saturated heterocycles. The van der Waals surface area contributed by atoms with Crippen LogP contribution in [-0.4, -0.2) is 53.4 Å². The average molecular weight is 506 g/mol. The van der Waals surface area contributed by atoms with Crippen LogP contribution >= 0.6 is 0 Å². The summed E-state index contributed by atoms with van der Waals surface area (Å²) in [7, 11) is 0. The maximum absolute atomic E-state index is 13.0. The molecular weight excluding hydrogens is 482 g/mol. The summed E-state index contributed by atoms with van der Waals surface area (Å²) >= 11 is 0. The Morgan fingerprint density at radius 1 is 1.06 bits per heavy atom. The molecule has 4 aliphatic carbocycles. The zero-order valence-corrected chi connectivity index (χ0v) is 18.5. The molecule has 2 bridgehead atoms. The SMILES string of the molecule is O=C(COc1ccc(C(F)(F)F)cc1)NC12CC(N3CCC([C@H]4C[C@H](OC(F)(F)F)C4)C3=O)(C1)C2. The lowest BCUT2D eigenvalue weighted by molar-refractivity contribution is -0.355. The summed E-state index contributed by atoms with van der Waals surface area (Å²) in [5, 5.41) is 2.91. The minimum atomic E-state index is -4.66. The normalized spacial score (nSPS) is 34.1. The summed E-state index contributed by atoms with van der Waals surface area (Å²) in [6.07, 6.45) is -7.09. The van der Waals surface area contributed by atoms with E-state index in [9.17, 15) is 35.9 Å². The number of hydrogen-bond donors (Lipinski definition) is 1. The highest BCUT2D eigenvalue weighted by Gasteiger charge is 2.72. The van der Waals surface area contributed by atoms with Crippen LogP contribution in [0, 0.1) is 11.8 Å². The third kappa shape index (κ3) is 4.56. The maximum atomic E-state index is 13.0. The van der Waals surface area contributed by atoms with E-state index in [1.165, 1.54) is 0 Å². The standard InChI is InChI=1S/C23H24F6N2O4/c24-22(25,26)14-1-3-15(4-2-14)34-9-18(32)30-20-10-21(11-20,12-20)31-6-5-17(19(31)33)13-7-16(8-13)35-23(27,28)29/h1-4,13,16-17H,5-12H2,(H,30,32)/t13-,16-,17?,20?,21?. The van der Waals surface area contributed by atoms with Crippen LogP contribution in [0.2, 0.25) is 0 Å². The number of nitrogens with zero attached hydrogens (tertiary/aromatic N) is 1. The Morgan fingerprint density at radius 2 is 1.69 bits per heavy atom. The lowest BCUT2D eigenvalue weighted by atomic mass is 9.43. The zero-order chi connectivity index (χ0) is 25.2. The Kier molecular flexibility index (Phi) is 5.54. The van der Waals surface area contributed by atoms with E-state index in [4.69, 9.17) is 4.74 Å². The smallest absolute Gasteiger partial charge is 0.484 e. The molecule has 1 aliphatic heterocycles. The molecule has 1 aromatic rings. The molecular formula is C23H24F6N2O4. The lowest BCUT2D eigenvalue weighted by Crippen LogP contribution is -2.84. The van der Waals surface area contributed by atoms with Crippen molar-refractivity contribution < 1.29 is 45.4 Å². The fourth-order valence-electron chi connectivity index (χ4n) is 6.20. The minimum Gasteiger partial charge on any atom is -0.484 e. The molecule has 5 fully saturated rings. The monoisotopic (exact) mass is 506 g/mol. The number of hydrogen-bond acceptors (Lipinski definition) is 4. The molecule has 12 heteroatoms. The Morgan fingerprint density at radius 3 is 2.26 bits per heavy atom. The quantitative estimate of drug-likeness (QED) is 0.567. The van der Waals surface area contributed by atoms with E-state index in [-0.39, 0.29) is 48.5 Å². The van der Waals surface area contributed by atoms with Crippen LogP contribution in [0.1, 0.15) is 44.1 Å². The number of alkyl halides is 6. The lowest BCUT2D eigenvalue weighted by Gasteiger charge is -2.73. The number of nitrogens with one attached hydrogen (secondary N) is 1. The van der Waals surface area contributed by atoms with Crippen molar-refractivity contribution in [3.63, 3.8) is 0 Å². The Labute approximate surface area is 196 Å². The molecule has 1 aromatic carbocycles. The Bertz CT molecular complexity index is 983. The molecule has 6 nitrogen and oxygen atoms in total. The van der Waals surface area contributed by atoms with E-state index < -0.39 is 35.7 Å². The summed E-state index contributed by atoms with van der Waals surface area (Å²) in [4.78, 5) is 27.1. The van der Waals surface area contributed by atoms with E-state index in [1.807, 2.05) is 4.90 Å². The van der Waals surface area contributed by atoms with Gasteiger partial charge in [0.05, 0.1) is 11.7 Å². The minimum absolute atomic E-state index is 0.0225. The largest absolute Gasteiger partial charge is 0.522 e. The van der Waals surface area contributed by atoms with Crippen molar-refractivity contribution in [1.82, 2.24) is 10.2 Å². The van der Waals surface area contributed by atoms with Crippen LogP contribution in [0.15, 0.2) is 24.3 Å². The van der Waals surface area contributed by atoms with Crippen molar-refractivity contribution in [2.45, 2.75) is 68.2 Å². The maximum Gasteiger partial charge on any atom is 0.522 e. The summed E-state index contributed by atoms with van der Waals surface area (Å²) < 4.78 is 84.1. The van der Waals surface area contributed by atoms with Gasteiger partial charge in [-0.05, 0) is 68.7 Å². The van der Waals surface area contributed by atoms with Gasteiger partial charge in [0.1, 0.15) is 5.75 Å². The second-order valence-electron chi connectivity index (χ2n) is 10.2. The third-order valence-electron chi connectivity index (χ3n) is 7.78. The topological polar surface area (TPSA) is 67.9 Å². The van der Waals surface area contributed by atoms with Gasteiger partial charge in [-0.1, -0.05) is 0 Å². The van der Waals surface area contributed by atoms with Crippen LogP contribution < -0.4 is 10.1 Å². The molecule has 0 spiro atoms. The number of carbonyl (C=O) groups is 2. The first-order chi connectivity index (χ1) is 16.3. The van der Waals surface area contributed by atoms with E-state index in [0.29, 0.717) is 32.2 Å². The number of likely N-dealkylation sites (tertiary alicyclic amines) is 1. The fourth-order valence-corrected chi connectivity index (χ4v) is 6.20. The summed E-state index contributed by atoms with van der Waals surface area (Å²) in [6, 6.07) is 4.07. The number of ether oxygens (including phenoxy) is 2. The van der Waals surface area contributed by atoms with Crippen LogP contribution in [0.3, 0.4) is 0 Å². The molecule has 35 heavy (non-hydrogen) atoms. The summed E-state index contributed by atoms with van der Waals surface area (Å²) in [6.45, 7) is 0.222. The van der Waals surface area contributed by atoms with Crippen LogP contribution in [0.5, 0.6) is 5.75 Å². The van der Waals surface area contributed by atoms with Gasteiger partial charge in [0.25, 0.3) is 5.91 Å². The van der Waals surface area contributed by atoms with E-state index in [0.717, 1.165) is 24.3 Å². The van der Waals surface area contributed by atoms with Gasteiger partial charge >= 0.3 is 12.5 Å². The molecule has 2 amide bonds. The van der Waals surface area contributed by atoms with Crippen LogP contribution in [0.4, 0.5) is 26.3 Å². The predicted octanol–water partition coefficient (Wildman–Crippen LogP) is 4.04. The first-order valence-electron chi connectivity index (χ1n) is 11.4. The van der Waals surface area contributed by atoms with E-state index >= 15 is 0 Å². The Balaban J connectivity index is 1.05. The Hall–Kier alpha value is -2.50. The molecule has 192 valence electrons. The first kappa shape index (κ1) is 24.2. The van der Waals surface area contributed by atoms with Gasteiger partial charge in [0.2, 0.25) is 5.91 Å². The number of benzene rings is 1. The van der Waals surface area contributed by atoms with E-state index in [2.05, 4.69) is 10.1 Å². The molecule has 0 radical (unpaired) electrons. The number of carbonyl (C=O) groups excluding carboxylic acids is 2. The molecule has 1 heterocycles. The van der Waals surface area contributed by atoms with Gasteiger partial charge in [-0.3, -0.25) is 14.3 Å². The van der Waals surface area contributed by atoms with Crippen LogP contribution in [0.25, 0.3) is 0 Å². The highest BCUT2D eigenvalue weighted by Crippen LogP contribution is 2.65. The fraction of sp³-hybridized carbons (Fsp3) is 0.652. The molecule has 0 aromatic heterocycles. The van der Waals surface area contributed by atoms with Gasteiger partial charge in [-0.15, -0.1) is 13.2 Å². The third-order valence-corrected chi connectivity index (χ3v) is 7.78. The van der Waals surface area contributed by atoms with Crippen molar-refractivity contribution in [3.8, 4) is 5.75 Å². The number of amides is 2. The van der Waals surface area contributed by atoms with Gasteiger partial charge in [-0.25, -0.2) is 0 Å². The second-order valence-corrected chi connectivity index (χ2v) is 10.2. The molecule has 1 unspecified atom stereocenters. The van der Waals surface area contributed by atoms with Gasteiger partial charge in [0, 0.05) is 23.5 Å². The molecule has 1 N–H and O–H groups in total. The van der Waals surface area contributed by atoms with Gasteiger partial charge < -0.3 is 15.0 Å². The summed E-state index contributed by atoms with van der Waals surface area (Å²) in [5.74, 6) is -0.641. The molecule has 1 atom stereocenters. The second kappa shape index (κ2) is 8.01. The van der Waals surface area contributed by atoms with Crippen molar-refractivity contribution in [2.75, 3.05) is 13.2 Å². The average Bonchev–Trinajstić information content (AvgIpc) is 3.04. The number of halogens is 6. The van der Waals surface area contributed by atoms with Crippen molar-refractivity contribution in [1.29, 1.82) is 0 Å². The predicted molar refractivity (Wildman–Crippen MR) is 108 cm³/mol. The van der Waals surface area contributed by atoms with Crippen molar-refractivity contribution in [3.05, 3.63) is 29.8 Å². The van der Waals surface area contributed by atoms with Crippen LogP contribution in [-0.2, 0) is 20.5 Å². The molecule has 5 aliphatic rings. The molecule has 6 rings (SSSR count). The highest BCUT2D eigenvalue weighted by molar-refractivity contribution is 5.84. The molecule has 4 saturated carbocycles. The highest BCUT2D eigenvalue weighted by atomic mass is 19.4. The first-order valence-corrected chi connectivity index (χ1v) is 11.4. The van der Waals surface area contributed by atoms with Crippen molar-refractivity contribution in [2.24, 2.45) is 11.8 Å². The van der Waals surface area contributed by atoms with Gasteiger partial charge in [0.15, 0.2) is 6.61 Å². The van der Waals surface area contributed by atoms with Crippen molar-refractivity contribution >= 4 is 11.8 Å². The zero-order valence-electron chi connectivity index (χ0n) is 18.5.